The molecule has 1 aliphatic carbocycles. The van der Waals surface area contributed by atoms with E-state index in [9.17, 15) is 18.0 Å². The number of hydrogen-bond donors (Lipinski definition) is 0. The number of benzene rings is 2. The minimum atomic E-state index is -4.42. The van der Waals surface area contributed by atoms with Crippen LogP contribution in [-0.4, -0.2) is 25.7 Å². The molecule has 2 fully saturated rings. The minimum absolute atomic E-state index is 0.107. The third-order valence-corrected chi connectivity index (χ3v) is 5.99. The van der Waals surface area contributed by atoms with Gasteiger partial charge in [-0.05, 0) is 60.9 Å². The van der Waals surface area contributed by atoms with Crippen molar-refractivity contribution in [3.63, 3.8) is 0 Å². The molecule has 0 aromatic heterocycles. The van der Waals surface area contributed by atoms with E-state index in [0.717, 1.165) is 24.6 Å². The predicted molar refractivity (Wildman–Crippen MR) is 104 cm³/mol. The molecule has 5 rings (SSSR count). The van der Waals surface area contributed by atoms with Crippen LogP contribution in [0.15, 0.2) is 42.5 Å². The minimum Gasteiger partial charge on any atom is -0.338 e. The molecule has 2 aromatic rings. The van der Waals surface area contributed by atoms with Crippen LogP contribution in [0.2, 0.25) is 0 Å². The maximum atomic E-state index is 13.4. The van der Waals surface area contributed by atoms with Crippen LogP contribution in [0, 0.1) is 5.92 Å². The van der Waals surface area contributed by atoms with Crippen LogP contribution in [-0.2, 0) is 32.7 Å². The molecular weight excluding hydrogens is 395 g/mol. The van der Waals surface area contributed by atoms with Gasteiger partial charge in [0, 0.05) is 12.1 Å². The van der Waals surface area contributed by atoms with Crippen molar-refractivity contribution in [2.24, 2.45) is 5.92 Å². The van der Waals surface area contributed by atoms with E-state index in [0.29, 0.717) is 43.2 Å². The molecule has 2 heterocycles. The lowest BCUT2D eigenvalue weighted by Gasteiger charge is -2.32. The number of carbonyl (C=O) groups excluding carboxylic acids is 1. The van der Waals surface area contributed by atoms with E-state index in [-0.39, 0.29) is 17.9 Å². The van der Waals surface area contributed by atoms with Gasteiger partial charge in [0.1, 0.15) is 0 Å². The summed E-state index contributed by atoms with van der Waals surface area (Å²) in [5.41, 5.74) is 1.58. The molecule has 30 heavy (non-hydrogen) atoms. The number of halogens is 3. The first-order valence-electron chi connectivity index (χ1n) is 10.3. The first-order chi connectivity index (χ1) is 14.4. The number of ether oxygens (including phenoxy) is 2. The molecule has 1 amide bonds. The average molecular weight is 417 g/mol. The van der Waals surface area contributed by atoms with Gasteiger partial charge in [-0.2, -0.15) is 13.2 Å². The van der Waals surface area contributed by atoms with Crippen molar-refractivity contribution in [1.29, 1.82) is 0 Å². The van der Waals surface area contributed by atoms with E-state index < -0.39 is 17.5 Å². The highest BCUT2D eigenvalue weighted by molar-refractivity contribution is 6.06. The van der Waals surface area contributed by atoms with Crippen LogP contribution in [0.4, 0.5) is 18.9 Å². The molecule has 0 radical (unpaired) electrons. The Balaban J connectivity index is 1.53. The Morgan fingerprint density at radius 3 is 2.50 bits per heavy atom. The van der Waals surface area contributed by atoms with Crippen LogP contribution >= 0.6 is 0 Å². The molecule has 4 nitrogen and oxygen atoms in total. The Morgan fingerprint density at radius 1 is 1.07 bits per heavy atom. The van der Waals surface area contributed by atoms with Gasteiger partial charge in [0.25, 0.3) is 11.7 Å². The summed E-state index contributed by atoms with van der Waals surface area (Å²) in [6, 6.07) is 11.0. The van der Waals surface area contributed by atoms with Crippen molar-refractivity contribution in [3.05, 3.63) is 64.7 Å². The summed E-state index contributed by atoms with van der Waals surface area (Å²) in [7, 11) is 0. The summed E-state index contributed by atoms with van der Waals surface area (Å²) in [5, 5.41) is 0. The average Bonchev–Trinajstić information content (AvgIpc) is 3.53. The Hall–Kier alpha value is -2.38. The van der Waals surface area contributed by atoms with Crippen LogP contribution in [0.3, 0.4) is 0 Å². The normalized spacial score (nSPS) is 20.6. The molecule has 158 valence electrons. The maximum Gasteiger partial charge on any atom is 0.416 e. The lowest BCUT2D eigenvalue weighted by molar-refractivity contribution is -0.256. The van der Waals surface area contributed by atoms with Gasteiger partial charge in [-0.25, -0.2) is 0 Å². The second-order valence-corrected chi connectivity index (χ2v) is 8.21. The van der Waals surface area contributed by atoms with Crippen molar-refractivity contribution in [2.75, 3.05) is 24.7 Å². The lowest BCUT2D eigenvalue weighted by atomic mass is 9.96. The van der Waals surface area contributed by atoms with Gasteiger partial charge in [0.05, 0.1) is 24.5 Å². The third kappa shape index (κ3) is 3.30. The number of carbonyl (C=O) groups is 1. The summed E-state index contributed by atoms with van der Waals surface area (Å²) in [6.07, 6.45) is -1.41. The van der Waals surface area contributed by atoms with Gasteiger partial charge in [-0.15, -0.1) is 0 Å². The SMILES string of the molecule is O=C1N(CC2CC2)c2ccc(Cc3ccccc3C(F)(F)F)cc2C12OCCCO2. The van der Waals surface area contributed by atoms with Crippen LogP contribution in [0.5, 0.6) is 0 Å². The third-order valence-electron chi connectivity index (χ3n) is 5.99. The Morgan fingerprint density at radius 2 is 1.80 bits per heavy atom. The Bertz CT molecular complexity index is 978. The van der Waals surface area contributed by atoms with Crippen molar-refractivity contribution in [2.45, 2.75) is 37.6 Å². The molecule has 2 aromatic carbocycles. The second-order valence-electron chi connectivity index (χ2n) is 8.21. The van der Waals surface area contributed by atoms with E-state index in [1.165, 1.54) is 12.1 Å². The molecule has 0 atom stereocenters. The van der Waals surface area contributed by atoms with Crippen LogP contribution < -0.4 is 4.90 Å². The van der Waals surface area contributed by atoms with E-state index in [1.54, 1.807) is 23.1 Å². The van der Waals surface area contributed by atoms with E-state index >= 15 is 0 Å². The van der Waals surface area contributed by atoms with Gasteiger partial charge in [-0.3, -0.25) is 4.79 Å². The van der Waals surface area contributed by atoms with Gasteiger partial charge in [0.15, 0.2) is 0 Å². The number of fused-ring (bicyclic) bond motifs is 2. The molecule has 2 aliphatic heterocycles. The molecular formula is C23H22F3NO3. The molecule has 7 heteroatoms. The Labute approximate surface area is 172 Å². The highest BCUT2D eigenvalue weighted by Gasteiger charge is 2.55. The molecule has 1 saturated carbocycles. The molecule has 1 spiro atoms. The molecule has 3 aliphatic rings. The monoisotopic (exact) mass is 417 g/mol. The van der Waals surface area contributed by atoms with Gasteiger partial charge in [0.2, 0.25) is 0 Å². The largest absolute Gasteiger partial charge is 0.416 e. The fourth-order valence-corrected chi connectivity index (χ4v) is 4.32. The van der Waals surface area contributed by atoms with Crippen LogP contribution in [0.1, 0.15) is 41.5 Å². The first kappa shape index (κ1) is 19.6. The zero-order valence-corrected chi connectivity index (χ0v) is 16.4. The van der Waals surface area contributed by atoms with E-state index in [4.69, 9.17) is 9.47 Å². The number of rotatable bonds is 4. The number of anilines is 1. The van der Waals surface area contributed by atoms with Gasteiger partial charge < -0.3 is 14.4 Å². The van der Waals surface area contributed by atoms with Gasteiger partial charge in [-0.1, -0.05) is 24.3 Å². The smallest absolute Gasteiger partial charge is 0.338 e. The van der Waals surface area contributed by atoms with Crippen molar-refractivity contribution in [3.8, 4) is 0 Å². The molecule has 0 bridgehead atoms. The van der Waals surface area contributed by atoms with Crippen molar-refractivity contribution < 1.29 is 27.4 Å². The molecule has 0 N–H and O–H groups in total. The van der Waals surface area contributed by atoms with Crippen molar-refractivity contribution >= 4 is 11.6 Å². The fourth-order valence-electron chi connectivity index (χ4n) is 4.32. The molecule has 0 unspecified atom stereocenters. The quantitative estimate of drug-likeness (QED) is 0.728. The number of alkyl halides is 3. The zero-order chi connectivity index (χ0) is 20.9. The van der Waals surface area contributed by atoms with Gasteiger partial charge >= 0.3 is 6.18 Å². The van der Waals surface area contributed by atoms with E-state index in [1.807, 2.05) is 6.07 Å². The topological polar surface area (TPSA) is 38.8 Å². The second kappa shape index (κ2) is 7.10. The molecule has 1 saturated heterocycles. The van der Waals surface area contributed by atoms with Crippen LogP contribution in [0.25, 0.3) is 0 Å². The summed E-state index contributed by atoms with van der Waals surface area (Å²) in [6.45, 7) is 1.43. The predicted octanol–water partition coefficient (Wildman–Crippen LogP) is 4.64. The highest BCUT2D eigenvalue weighted by Crippen LogP contribution is 2.47. The summed E-state index contributed by atoms with van der Waals surface area (Å²) in [5.74, 6) is -1.21. The fraction of sp³-hybridized carbons (Fsp3) is 0.435. The Kier molecular flexibility index (Phi) is 4.63. The first-order valence-corrected chi connectivity index (χ1v) is 10.3. The van der Waals surface area contributed by atoms with Crippen molar-refractivity contribution in [1.82, 2.24) is 0 Å². The summed E-state index contributed by atoms with van der Waals surface area (Å²) >= 11 is 0. The zero-order valence-electron chi connectivity index (χ0n) is 16.4. The summed E-state index contributed by atoms with van der Waals surface area (Å²) < 4.78 is 52.0. The number of hydrogen-bond acceptors (Lipinski definition) is 3. The maximum absolute atomic E-state index is 13.4. The van der Waals surface area contributed by atoms with E-state index in [2.05, 4.69) is 0 Å². The standard InChI is InChI=1S/C23H22F3NO3/c24-23(25,26)18-5-2-1-4-17(18)12-16-8-9-20-19(13-16)22(29-10-3-11-30-22)21(28)27(20)14-15-6-7-15/h1-2,4-5,8-9,13,15H,3,6-7,10-12,14H2. The lowest BCUT2D eigenvalue weighted by Crippen LogP contribution is -2.47. The number of amides is 1. The number of nitrogens with zero attached hydrogens (tertiary/aromatic N) is 1. The summed E-state index contributed by atoms with van der Waals surface area (Å²) in [4.78, 5) is 15.0. The highest BCUT2D eigenvalue weighted by atomic mass is 19.4.